The summed E-state index contributed by atoms with van der Waals surface area (Å²) in [6, 6.07) is -3.12. The van der Waals surface area contributed by atoms with Gasteiger partial charge in [-0.1, -0.05) is 0 Å². The minimum absolute atomic E-state index is 0.239. The summed E-state index contributed by atoms with van der Waals surface area (Å²) in [4.78, 5) is 55.2. The van der Waals surface area contributed by atoms with Gasteiger partial charge in [-0.05, 0) is 12.8 Å². The van der Waals surface area contributed by atoms with Crippen LogP contribution in [0.15, 0.2) is 12.5 Å². The predicted molar refractivity (Wildman–Crippen MR) is 88.4 cm³/mol. The van der Waals surface area contributed by atoms with Gasteiger partial charge in [-0.2, -0.15) is 0 Å². The average molecular weight is 366 g/mol. The molecule has 1 aromatic heterocycles. The zero-order valence-corrected chi connectivity index (χ0v) is 14.1. The van der Waals surface area contributed by atoms with Crippen LogP contribution in [0.25, 0.3) is 0 Å². The van der Waals surface area contributed by atoms with Crippen molar-refractivity contribution in [1.29, 1.82) is 0 Å². The van der Waals surface area contributed by atoms with Crippen molar-refractivity contribution in [2.75, 3.05) is 6.54 Å². The fourth-order valence-electron chi connectivity index (χ4n) is 2.91. The van der Waals surface area contributed by atoms with Gasteiger partial charge in [0.05, 0.1) is 18.8 Å². The lowest BCUT2D eigenvalue weighted by Gasteiger charge is -2.27. The number of nitrogens with zero attached hydrogens (tertiary/aromatic N) is 2. The molecule has 3 amide bonds. The first-order valence-electron chi connectivity index (χ1n) is 8.14. The molecule has 11 heteroatoms. The molecule has 0 bridgehead atoms. The molecular weight excluding hydrogens is 344 g/mol. The number of carboxylic acid groups (broad SMARTS) is 1. The van der Waals surface area contributed by atoms with E-state index in [1.807, 2.05) is 0 Å². The van der Waals surface area contributed by atoms with Gasteiger partial charge in [0.15, 0.2) is 0 Å². The van der Waals surface area contributed by atoms with Crippen LogP contribution in [0, 0.1) is 0 Å². The molecule has 1 aliphatic heterocycles. The van der Waals surface area contributed by atoms with Crippen LogP contribution in [0.5, 0.6) is 0 Å². The minimum atomic E-state index is -1.43. The van der Waals surface area contributed by atoms with Gasteiger partial charge in [0.2, 0.25) is 17.7 Å². The van der Waals surface area contributed by atoms with E-state index >= 15 is 0 Å². The van der Waals surface area contributed by atoms with Crippen molar-refractivity contribution in [3.63, 3.8) is 0 Å². The lowest BCUT2D eigenvalue weighted by molar-refractivity contribution is -0.145. The van der Waals surface area contributed by atoms with E-state index in [1.165, 1.54) is 11.2 Å². The van der Waals surface area contributed by atoms with E-state index in [0.717, 1.165) is 0 Å². The molecule has 1 aromatic rings. The summed E-state index contributed by atoms with van der Waals surface area (Å²) >= 11 is 0. The Hall–Kier alpha value is -2.95. The molecule has 11 nitrogen and oxygen atoms in total. The summed E-state index contributed by atoms with van der Waals surface area (Å²) in [5, 5.41) is 11.4. The molecule has 26 heavy (non-hydrogen) atoms. The fraction of sp³-hybridized carbons (Fsp3) is 0.533. The van der Waals surface area contributed by atoms with Crippen molar-refractivity contribution >= 4 is 23.7 Å². The maximum absolute atomic E-state index is 12.6. The summed E-state index contributed by atoms with van der Waals surface area (Å²) in [5.41, 5.74) is 11.6. The zero-order chi connectivity index (χ0) is 19.3. The van der Waals surface area contributed by atoms with Crippen LogP contribution in [0.1, 0.15) is 25.0 Å². The third kappa shape index (κ3) is 4.79. The monoisotopic (exact) mass is 366 g/mol. The largest absolute Gasteiger partial charge is 0.480 e. The lowest BCUT2D eigenvalue weighted by Crippen LogP contribution is -2.54. The average Bonchev–Trinajstić information content (AvgIpc) is 3.24. The van der Waals surface area contributed by atoms with Gasteiger partial charge >= 0.3 is 5.97 Å². The Balaban J connectivity index is 2.01. The Morgan fingerprint density at radius 3 is 2.73 bits per heavy atom. The Kier molecular flexibility index (Phi) is 6.28. The molecule has 0 spiro atoms. The van der Waals surface area contributed by atoms with E-state index < -0.39 is 48.2 Å². The summed E-state index contributed by atoms with van der Waals surface area (Å²) in [5.74, 6) is -3.26. The highest BCUT2D eigenvalue weighted by Gasteiger charge is 2.37. The first-order valence-corrected chi connectivity index (χ1v) is 8.14. The molecular formula is C15H22N6O5. The zero-order valence-electron chi connectivity index (χ0n) is 14.1. The van der Waals surface area contributed by atoms with Crippen molar-refractivity contribution in [2.45, 2.75) is 43.8 Å². The summed E-state index contributed by atoms with van der Waals surface area (Å²) < 4.78 is 0. The number of rotatable bonds is 8. The van der Waals surface area contributed by atoms with E-state index in [9.17, 15) is 19.2 Å². The Bertz CT molecular complexity index is 676. The van der Waals surface area contributed by atoms with Gasteiger partial charge in [-0.15, -0.1) is 0 Å². The summed E-state index contributed by atoms with van der Waals surface area (Å²) in [6.45, 7) is 0.348. The van der Waals surface area contributed by atoms with Crippen LogP contribution < -0.4 is 16.8 Å². The van der Waals surface area contributed by atoms with Crippen LogP contribution in [-0.2, 0) is 25.6 Å². The van der Waals surface area contributed by atoms with Crippen molar-refractivity contribution in [3.05, 3.63) is 18.2 Å². The molecule has 0 aromatic carbocycles. The smallest absolute Gasteiger partial charge is 0.326 e. The number of hydrogen-bond donors (Lipinski definition) is 5. The first-order chi connectivity index (χ1) is 12.3. The number of H-pyrrole nitrogens is 1. The van der Waals surface area contributed by atoms with Gasteiger partial charge in [0.1, 0.15) is 12.1 Å². The van der Waals surface area contributed by atoms with Gasteiger partial charge in [0, 0.05) is 24.9 Å². The number of aromatic amines is 1. The van der Waals surface area contributed by atoms with E-state index in [-0.39, 0.29) is 6.42 Å². The topological polar surface area (TPSA) is 184 Å². The van der Waals surface area contributed by atoms with E-state index in [4.69, 9.17) is 16.6 Å². The van der Waals surface area contributed by atoms with Crippen LogP contribution in [0.4, 0.5) is 0 Å². The molecule has 2 heterocycles. The Labute approximate surface area is 149 Å². The molecule has 2 rings (SSSR count). The highest BCUT2D eigenvalue weighted by atomic mass is 16.4. The summed E-state index contributed by atoms with van der Waals surface area (Å²) in [6.07, 6.45) is 3.72. The number of carboxylic acids is 1. The number of amides is 3. The van der Waals surface area contributed by atoms with Crippen LogP contribution in [0.2, 0.25) is 0 Å². The second-order valence-electron chi connectivity index (χ2n) is 6.15. The maximum Gasteiger partial charge on any atom is 0.326 e. The second-order valence-corrected chi connectivity index (χ2v) is 6.15. The molecule has 7 N–H and O–H groups in total. The normalized spacial score (nSPS) is 19.0. The molecule has 0 aliphatic carbocycles. The van der Waals surface area contributed by atoms with Gasteiger partial charge in [0.25, 0.3) is 0 Å². The Morgan fingerprint density at radius 2 is 2.15 bits per heavy atom. The number of likely N-dealkylation sites (tertiary alicyclic amines) is 1. The third-order valence-corrected chi connectivity index (χ3v) is 4.17. The molecule has 0 radical (unpaired) electrons. The number of nitrogens with two attached hydrogens (primary N) is 2. The van der Waals surface area contributed by atoms with E-state index in [0.29, 0.717) is 25.1 Å². The van der Waals surface area contributed by atoms with Gasteiger partial charge in [-0.3, -0.25) is 14.4 Å². The predicted octanol–water partition coefficient (Wildman–Crippen LogP) is -2.28. The number of hydrogen-bond acceptors (Lipinski definition) is 6. The molecule has 3 atom stereocenters. The fourth-order valence-corrected chi connectivity index (χ4v) is 2.91. The number of nitrogens with one attached hydrogen (secondary N) is 2. The number of carbonyl (C=O) groups is 4. The maximum atomic E-state index is 12.6. The number of primary amides is 1. The quantitative estimate of drug-likeness (QED) is 0.343. The van der Waals surface area contributed by atoms with Crippen LogP contribution in [-0.4, -0.2) is 68.3 Å². The van der Waals surface area contributed by atoms with E-state index in [1.54, 1.807) is 6.20 Å². The third-order valence-electron chi connectivity index (χ3n) is 4.17. The van der Waals surface area contributed by atoms with Crippen molar-refractivity contribution in [2.24, 2.45) is 11.5 Å². The van der Waals surface area contributed by atoms with Gasteiger partial charge < -0.3 is 31.8 Å². The standard InChI is InChI=1S/C15H22N6O5/c16-9(4-8-6-18-7-19-8)14(24)21-3-1-2-11(21)13(23)20-10(15(25)26)5-12(17)22/h6-7,9-11H,1-5,16H2,(H2,17,22)(H,18,19)(H,20,23)(H,25,26)/t9-,10-,11-/m0/s1. The van der Waals surface area contributed by atoms with Crippen molar-refractivity contribution < 1.29 is 24.3 Å². The second kappa shape index (κ2) is 8.43. The molecule has 1 aliphatic rings. The van der Waals surface area contributed by atoms with Crippen molar-refractivity contribution in [1.82, 2.24) is 20.2 Å². The number of imidazole rings is 1. The number of aliphatic carboxylic acids is 1. The van der Waals surface area contributed by atoms with Gasteiger partial charge in [-0.25, -0.2) is 9.78 Å². The van der Waals surface area contributed by atoms with E-state index in [2.05, 4.69) is 15.3 Å². The Morgan fingerprint density at radius 1 is 1.42 bits per heavy atom. The SMILES string of the molecule is NC(=O)C[C@H](NC(=O)[C@@H]1CCCN1C(=O)[C@@H](N)Cc1cnc[nH]1)C(=O)O. The molecule has 1 fully saturated rings. The molecule has 1 saturated heterocycles. The summed E-state index contributed by atoms with van der Waals surface area (Å²) in [7, 11) is 0. The highest BCUT2D eigenvalue weighted by Crippen LogP contribution is 2.19. The van der Waals surface area contributed by atoms with Crippen LogP contribution >= 0.6 is 0 Å². The van der Waals surface area contributed by atoms with Crippen LogP contribution in [0.3, 0.4) is 0 Å². The molecule has 0 saturated carbocycles. The minimum Gasteiger partial charge on any atom is -0.480 e. The number of aromatic nitrogens is 2. The lowest BCUT2D eigenvalue weighted by atomic mass is 10.1. The first kappa shape index (κ1) is 19.4. The molecule has 142 valence electrons. The molecule has 0 unspecified atom stereocenters. The van der Waals surface area contributed by atoms with Crippen molar-refractivity contribution in [3.8, 4) is 0 Å². The number of carbonyl (C=O) groups excluding carboxylic acids is 3. The highest BCUT2D eigenvalue weighted by molar-refractivity contribution is 5.93.